The number of sulfone groups is 1. The minimum absolute atomic E-state index is 0.127. The van der Waals surface area contributed by atoms with E-state index in [1.165, 1.54) is 53.4 Å². The monoisotopic (exact) mass is 399 g/mol. The van der Waals surface area contributed by atoms with Crippen molar-refractivity contribution < 1.29 is 22.3 Å². The molecular weight excluding hydrogens is 381 g/mol. The van der Waals surface area contributed by atoms with Crippen LogP contribution in [0.2, 0.25) is 5.02 Å². The zero-order valence-corrected chi connectivity index (χ0v) is 15.8. The first-order chi connectivity index (χ1) is 12.3. The minimum Gasteiger partial charge on any atom is -0.492 e. The second-order valence-electron chi connectivity index (χ2n) is 5.64. The van der Waals surface area contributed by atoms with E-state index in [9.17, 15) is 17.6 Å². The molecule has 0 saturated heterocycles. The van der Waals surface area contributed by atoms with Crippen LogP contribution in [-0.2, 0) is 14.6 Å². The number of likely N-dealkylation sites (N-methyl/N-ethyl adjacent to an activating group) is 1. The molecule has 2 rings (SSSR count). The van der Waals surface area contributed by atoms with Crippen LogP contribution in [0.3, 0.4) is 0 Å². The lowest BCUT2D eigenvalue weighted by atomic mass is 10.3. The highest BCUT2D eigenvalue weighted by molar-refractivity contribution is 7.91. The van der Waals surface area contributed by atoms with Crippen molar-refractivity contribution in [1.29, 1.82) is 0 Å². The van der Waals surface area contributed by atoms with E-state index in [1.54, 1.807) is 7.05 Å². The van der Waals surface area contributed by atoms with Crippen LogP contribution in [-0.4, -0.2) is 45.2 Å². The predicted molar refractivity (Wildman–Crippen MR) is 97.7 cm³/mol. The molecule has 0 aliphatic carbocycles. The maximum Gasteiger partial charge on any atom is 0.223 e. The molecule has 5 nitrogen and oxygen atoms in total. The van der Waals surface area contributed by atoms with Gasteiger partial charge in [0.05, 0.1) is 17.2 Å². The topological polar surface area (TPSA) is 63.7 Å². The number of carbonyl (C=O) groups excluding carboxylic acids is 1. The van der Waals surface area contributed by atoms with Crippen molar-refractivity contribution in [3.8, 4) is 5.75 Å². The van der Waals surface area contributed by atoms with Gasteiger partial charge in [0.25, 0.3) is 0 Å². The van der Waals surface area contributed by atoms with Gasteiger partial charge in [0.2, 0.25) is 5.91 Å². The summed E-state index contributed by atoms with van der Waals surface area (Å²) in [4.78, 5) is 13.6. The van der Waals surface area contributed by atoms with E-state index in [0.29, 0.717) is 10.8 Å². The molecule has 0 heterocycles. The normalized spacial score (nSPS) is 11.2. The molecule has 0 atom stereocenters. The van der Waals surface area contributed by atoms with E-state index >= 15 is 0 Å². The molecule has 2 aromatic carbocycles. The first-order valence-corrected chi connectivity index (χ1v) is 9.91. The molecular formula is C18H19ClFNO4S. The van der Waals surface area contributed by atoms with Crippen molar-refractivity contribution in [3.05, 3.63) is 59.4 Å². The van der Waals surface area contributed by atoms with Crippen LogP contribution in [0.1, 0.15) is 6.42 Å². The SMILES string of the molecule is CN(CCOc1ccc(F)cc1)C(=O)CCS(=O)(=O)c1ccc(Cl)cc1. The smallest absolute Gasteiger partial charge is 0.223 e. The highest BCUT2D eigenvalue weighted by Crippen LogP contribution is 2.16. The van der Waals surface area contributed by atoms with Gasteiger partial charge in [-0.05, 0) is 48.5 Å². The number of amides is 1. The Morgan fingerprint density at radius 2 is 1.73 bits per heavy atom. The van der Waals surface area contributed by atoms with Crippen molar-refractivity contribution in [2.45, 2.75) is 11.3 Å². The zero-order valence-electron chi connectivity index (χ0n) is 14.2. The molecule has 0 aromatic heterocycles. The largest absolute Gasteiger partial charge is 0.492 e. The first kappa shape index (κ1) is 20.2. The van der Waals surface area contributed by atoms with Crippen LogP contribution in [0.5, 0.6) is 5.75 Å². The molecule has 0 radical (unpaired) electrons. The van der Waals surface area contributed by atoms with E-state index in [-0.39, 0.29) is 41.9 Å². The number of nitrogens with zero attached hydrogens (tertiary/aromatic N) is 1. The van der Waals surface area contributed by atoms with Crippen LogP contribution in [0.4, 0.5) is 4.39 Å². The molecule has 0 saturated carbocycles. The van der Waals surface area contributed by atoms with Crippen LogP contribution < -0.4 is 4.74 Å². The van der Waals surface area contributed by atoms with Crippen molar-refractivity contribution >= 4 is 27.3 Å². The van der Waals surface area contributed by atoms with Gasteiger partial charge in [-0.2, -0.15) is 0 Å². The minimum atomic E-state index is -3.55. The Morgan fingerprint density at radius 1 is 1.12 bits per heavy atom. The number of halogens is 2. The fourth-order valence-electron chi connectivity index (χ4n) is 2.13. The number of rotatable bonds is 8. The summed E-state index contributed by atoms with van der Waals surface area (Å²) >= 11 is 5.75. The number of benzene rings is 2. The molecule has 1 amide bonds. The number of hydrogen-bond acceptors (Lipinski definition) is 4. The summed E-state index contributed by atoms with van der Waals surface area (Å²) in [6.07, 6.45) is -0.127. The third kappa shape index (κ3) is 6.00. The Balaban J connectivity index is 1.79. The summed E-state index contributed by atoms with van der Waals surface area (Å²) < 4.78 is 42.7. The van der Waals surface area contributed by atoms with Crippen LogP contribution in [0.15, 0.2) is 53.4 Å². The second-order valence-corrected chi connectivity index (χ2v) is 8.19. The van der Waals surface area contributed by atoms with Gasteiger partial charge in [0.15, 0.2) is 9.84 Å². The summed E-state index contributed by atoms with van der Waals surface area (Å²) in [5.41, 5.74) is 0. The van der Waals surface area contributed by atoms with Gasteiger partial charge in [0.1, 0.15) is 18.2 Å². The Labute approximate surface area is 157 Å². The predicted octanol–water partition coefficient (Wildman–Crippen LogP) is 3.18. The number of ether oxygens (including phenoxy) is 1. The lowest BCUT2D eigenvalue weighted by Gasteiger charge is -2.17. The van der Waals surface area contributed by atoms with Crippen molar-refractivity contribution in [2.75, 3.05) is 26.0 Å². The Kier molecular flexibility index (Phi) is 6.99. The maximum absolute atomic E-state index is 12.8. The van der Waals surface area contributed by atoms with Crippen LogP contribution in [0.25, 0.3) is 0 Å². The molecule has 0 fully saturated rings. The average Bonchev–Trinajstić information content (AvgIpc) is 2.61. The Hall–Kier alpha value is -2.12. The van der Waals surface area contributed by atoms with Crippen molar-refractivity contribution in [3.63, 3.8) is 0 Å². The molecule has 0 aliphatic heterocycles. The first-order valence-electron chi connectivity index (χ1n) is 7.88. The fraction of sp³-hybridized carbons (Fsp3) is 0.278. The van der Waals surface area contributed by atoms with Gasteiger partial charge in [0, 0.05) is 18.5 Å². The highest BCUT2D eigenvalue weighted by Gasteiger charge is 2.18. The van der Waals surface area contributed by atoms with Gasteiger partial charge in [-0.3, -0.25) is 4.79 Å². The highest BCUT2D eigenvalue weighted by atomic mass is 35.5. The summed E-state index contributed by atoms with van der Waals surface area (Å²) in [6, 6.07) is 11.4. The average molecular weight is 400 g/mol. The molecule has 0 N–H and O–H groups in total. The molecule has 0 bridgehead atoms. The summed E-state index contributed by atoms with van der Waals surface area (Å²) in [7, 11) is -1.97. The van der Waals surface area contributed by atoms with E-state index in [0.717, 1.165) is 0 Å². The van der Waals surface area contributed by atoms with Gasteiger partial charge < -0.3 is 9.64 Å². The van der Waals surface area contributed by atoms with Crippen LogP contribution >= 0.6 is 11.6 Å². The molecule has 8 heteroatoms. The van der Waals surface area contributed by atoms with Crippen molar-refractivity contribution in [2.24, 2.45) is 0 Å². The van der Waals surface area contributed by atoms with Crippen LogP contribution in [0, 0.1) is 5.82 Å². The standard InChI is InChI=1S/C18H19ClFNO4S/c1-21(11-12-25-16-6-4-15(20)5-7-16)18(22)10-13-26(23,24)17-8-2-14(19)3-9-17/h2-9H,10-13H2,1H3. The molecule has 0 aliphatic rings. The molecule has 0 spiro atoms. The zero-order chi connectivity index (χ0) is 19.2. The number of carbonyl (C=O) groups is 1. The second kappa shape index (κ2) is 9.00. The molecule has 140 valence electrons. The summed E-state index contributed by atoms with van der Waals surface area (Å²) in [5.74, 6) is -0.439. The Morgan fingerprint density at radius 3 is 2.35 bits per heavy atom. The van der Waals surface area contributed by atoms with E-state index in [1.807, 2.05) is 0 Å². The Bertz CT molecular complexity index is 838. The third-order valence-corrected chi connectivity index (χ3v) is 5.68. The molecule has 26 heavy (non-hydrogen) atoms. The fourth-order valence-corrected chi connectivity index (χ4v) is 3.48. The van der Waals surface area contributed by atoms with E-state index in [2.05, 4.69) is 0 Å². The van der Waals surface area contributed by atoms with Gasteiger partial charge in [-0.1, -0.05) is 11.6 Å². The van der Waals surface area contributed by atoms with Crippen molar-refractivity contribution in [1.82, 2.24) is 4.90 Å². The van der Waals surface area contributed by atoms with Gasteiger partial charge in [-0.25, -0.2) is 12.8 Å². The quantitative estimate of drug-likeness (QED) is 0.684. The lowest BCUT2D eigenvalue weighted by molar-refractivity contribution is -0.129. The molecule has 2 aromatic rings. The lowest BCUT2D eigenvalue weighted by Crippen LogP contribution is -2.32. The maximum atomic E-state index is 12.8. The number of hydrogen-bond donors (Lipinski definition) is 0. The van der Waals surface area contributed by atoms with Gasteiger partial charge in [-0.15, -0.1) is 0 Å². The third-order valence-electron chi connectivity index (χ3n) is 3.69. The van der Waals surface area contributed by atoms with Gasteiger partial charge >= 0.3 is 0 Å². The summed E-state index contributed by atoms with van der Waals surface area (Å²) in [5, 5.41) is 0.445. The molecule has 0 unspecified atom stereocenters. The summed E-state index contributed by atoms with van der Waals surface area (Å²) in [6.45, 7) is 0.509. The van der Waals surface area contributed by atoms with E-state index < -0.39 is 9.84 Å². The van der Waals surface area contributed by atoms with E-state index in [4.69, 9.17) is 16.3 Å².